The van der Waals surface area contributed by atoms with E-state index < -0.39 is 0 Å². The van der Waals surface area contributed by atoms with Crippen molar-refractivity contribution in [3.8, 4) is 0 Å². The molecule has 5 heteroatoms. The lowest BCUT2D eigenvalue weighted by molar-refractivity contribution is -0.115. The summed E-state index contributed by atoms with van der Waals surface area (Å²) in [7, 11) is 1.82. The van der Waals surface area contributed by atoms with Gasteiger partial charge >= 0.3 is 0 Å². The zero-order chi connectivity index (χ0) is 12.3. The number of carbonyl (C=O) groups excluding carboxylic acids is 1. The Balaban J connectivity index is 1.98. The van der Waals surface area contributed by atoms with Crippen LogP contribution in [0.25, 0.3) is 0 Å². The maximum Gasteiger partial charge on any atom is 0.231 e. The molecule has 1 heterocycles. The molecule has 0 radical (unpaired) electrons. The van der Waals surface area contributed by atoms with Gasteiger partial charge in [-0.1, -0.05) is 23.7 Å². The van der Waals surface area contributed by atoms with Crippen LogP contribution >= 0.6 is 11.6 Å². The van der Waals surface area contributed by atoms with E-state index >= 15 is 0 Å². The lowest BCUT2D eigenvalue weighted by Gasteiger charge is -2.04. The molecule has 88 valence electrons. The Bertz CT molecular complexity index is 519. The molecular formula is C12H12ClN3O. The summed E-state index contributed by atoms with van der Waals surface area (Å²) in [4.78, 5) is 15.7. The Labute approximate surface area is 104 Å². The summed E-state index contributed by atoms with van der Waals surface area (Å²) in [5.41, 5.74) is 0.918. The fourth-order valence-electron chi connectivity index (χ4n) is 1.44. The van der Waals surface area contributed by atoms with Gasteiger partial charge in [0.15, 0.2) is 0 Å². The van der Waals surface area contributed by atoms with E-state index in [9.17, 15) is 4.79 Å². The van der Waals surface area contributed by atoms with Crippen LogP contribution in [0.5, 0.6) is 0 Å². The van der Waals surface area contributed by atoms with Gasteiger partial charge in [0.05, 0.1) is 6.42 Å². The summed E-state index contributed by atoms with van der Waals surface area (Å²) < 4.78 is 1.75. The van der Waals surface area contributed by atoms with Gasteiger partial charge < -0.3 is 4.57 Å². The quantitative estimate of drug-likeness (QED) is 0.907. The van der Waals surface area contributed by atoms with Crippen molar-refractivity contribution in [2.24, 2.45) is 7.05 Å². The van der Waals surface area contributed by atoms with Crippen LogP contribution in [0.1, 0.15) is 5.56 Å². The molecule has 0 unspecified atom stereocenters. The number of anilines is 1. The molecule has 4 nitrogen and oxygen atoms in total. The first-order chi connectivity index (χ1) is 8.15. The minimum atomic E-state index is -0.0957. The van der Waals surface area contributed by atoms with E-state index in [1.165, 1.54) is 0 Å². The predicted molar refractivity (Wildman–Crippen MR) is 67.0 cm³/mol. The van der Waals surface area contributed by atoms with Crippen molar-refractivity contribution in [3.05, 3.63) is 47.2 Å². The number of nitrogens with one attached hydrogen (secondary N) is 1. The van der Waals surface area contributed by atoms with Gasteiger partial charge in [-0.3, -0.25) is 10.1 Å². The molecule has 0 fully saturated rings. The van der Waals surface area contributed by atoms with Crippen LogP contribution in [0.15, 0.2) is 36.7 Å². The Hall–Kier alpha value is -1.81. The second-order valence-corrected chi connectivity index (χ2v) is 4.15. The van der Waals surface area contributed by atoms with Crippen molar-refractivity contribution >= 4 is 23.5 Å². The number of hydrogen-bond donors (Lipinski definition) is 1. The molecule has 1 amide bonds. The Kier molecular flexibility index (Phi) is 3.44. The van der Waals surface area contributed by atoms with Gasteiger partial charge in [0.2, 0.25) is 11.9 Å². The van der Waals surface area contributed by atoms with Gasteiger partial charge in [0, 0.05) is 24.5 Å². The van der Waals surface area contributed by atoms with E-state index in [2.05, 4.69) is 10.3 Å². The van der Waals surface area contributed by atoms with Gasteiger partial charge in [0.25, 0.3) is 0 Å². The number of nitrogens with zero attached hydrogens (tertiary/aromatic N) is 2. The lowest BCUT2D eigenvalue weighted by atomic mass is 10.1. The SMILES string of the molecule is Cn1ccnc1NC(=O)Cc1ccc(Cl)cc1. The van der Waals surface area contributed by atoms with Crippen LogP contribution in [-0.2, 0) is 18.3 Å². The molecule has 2 rings (SSSR count). The smallest absolute Gasteiger partial charge is 0.231 e. The van der Waals surface area contributed by atoms with E-state index in [-0.39, 0.29) is 5.91 Å². The fourth-order valence-corrected chi connectivity index (χ4v) is 1.57. The number of hydrogen-bond acceptors (Lipinski definition) is 2. The zero-order valence-electron chi connectivity index (χ0n) is 9.35. The number of rotatable bonds is 3. The highest BCUT2D eigenvalue weighted by Crippen LogP contribution is 2.10. The van der Waals surface area contributed by atoms with Crippen molar-refractivity contribution < 1.29 is 4.79 Å². The largest absolute Gasteiger partial charge is 0.320 e. The zero-order valence-corrected chi connectivity index (χ0v) is 10.1. The van der Waals surface area contributed by atoms with Crippen molar-refractivity contribution in [3.63, 3.8) is 0 Å². The van der Waals surface area contributed by atoms with E-state index in [1.54, 1.807) is 29.1 Å². The Morgan fingerprint density at radius 3 is 2.71 bits per heavy atom. The van der Waals surface area contributed by atoms with E-state index in [4.69, 9.17) is 11.6 Å². The average Bonchev–Trinajstić information content (AvgIpc) is 2.68. The molecule has 1 aromatic carbocycles. The van der Waals surface area contributed by atoms with Crippen molar-refractivity contribution in [1.29, 1.82) is 0 Å². The molecule has 0 saturated heterocycles. The highest BCUT2D eigenvalue weighted by Gasteiger charge is 2.06. The van der Waals surface area contributed by atoms with Gasteiger partial charge in [-0.15, -0.1) is 0 Å². The molecule has 0 bridgehead atoms. The van der Waals surface area contributed by atoms with Gasteiger partial charge in [-0.25, -0.2) is 4.98 Å². The third-order valence-electron chi connectivity index (χ3n) is 2.35. The first-order valence-corrected chi connectivity index (χ1v) is 5.54. The molecule has 0 aliphatic heterocycles. The second-order valence-electron chi connectivity index (χ2n) is 3.71. The summed E-state index contributed by atoms with van der Waals surface area (Å²) in [6, 6.07) is 7.20. The standard InChI is InChI=1S/C12H12ClN3O/c1-16-7-6-14-12(16)15-11(17)8-9-2-4-10(13)5-3-9/h2-7H,8H2,1H3,(H,14,15,17). The monoisotopic (exact) mass is 249 g/mol. The third kappa shape index (κ3) is 3.07. The van der Waals surface area contributed by atoms with Crippen molar-refractivity contribution in [2.45, 2.75) is 6.42 Å². The average molecular weight is 250 g/mol. The highest BCUT2D eigenvalue weighted by atomic mass is 35.5. The molecule has 2 aromatic rings. The molecule has 1 aromatic heterocycles. The summed E-state index contributed by atoms with van der Waals surface area (Å²) in [6.07, 6.45) is 3.72. The molecule has 17 heavy (non-hydrogen) atoms. The minimum Gasteiger partial charge on any atom is -0.320 e. The van der Waals surface area contributed by atoms with Gasteiger partial charge in [-0.05, 0) is 17.7 Å². The number of halogens is 1. The number of aryl methyl sites for hydroxylation is 1. The van der Waals surface area contributed by atoms with E-state index in [1.807, 2.05) is 19.2 Å². The maximum atomic E-state index is 11.7. The van der Waals surface area contributed by atoms with Gasteiger partial charge in [0.1, 0.15) is 0 Å². The number of amides is 1. The van der Waals surface area contributed by atoms with Crippen molar-refractivity contribution in [2.75, 3.05) is 5.32 Å². The third-order valence-corrected chi connectivity index (χ3v) is 2.60. The normalized spacial score (nSPS) is 10.2. The molecular weight excluding hydrogens is 238 g/mol. The maximum absolute atomic E-state index is 11.7. The second kappa shape index (κ2) is 5.01. The summed E-state index contributed by atoms with van der Waals surface area (Å²) in [5, 5.41) is 3.40. The first-order valence-electron chi connectivity index (χ1n) is 5.17. The predicted octanol–water partition coefficient (Wildman–Crippen LogP) is 2.25. The highest BCUT2D eigenvalue weighted by molar-refractivity contribution is 6.30. The molecule has 0 aliphatic rings. The first kappa shape index (κ1) is 11.7. The molecule has 0 atom stereocenters. The molecule has 0 aliphatic carbocycles. The summed E-state index contributed by atoms with van der Waals surface area (Å²) in [5.74, 6) is 0.450. The van der Waals surface area contributed by atoms with Crippen LogP contribution in [0, 0.1) is 0 Å². The Morgan fingerprint density at radius 1 is 1.41 bits per heavy atom. The minimum absolute atomic E-state index is 0.0957. The summed E-state index contributed by atoms with van der Waals surface area (Å²) in [6.45, 7) is 0. The lowest BCUT2D eigenvalue weighted by Crippen LogP contribution is -2.16. The number of aromatic nitrogens is 2. The number of carbonyl (C=O) groups is 1. The van der Waals surface area contributed by atoms with Crippen LogP contribution in [0.2, 0.25) is 5.02 Å². The van der Waals surface area contributed by atoms with Crippen LogP contribution < -0.4 is 5.32 Å². The van der Waals surface area contributed by atoms with E-state index in [0.717, 1.165) is 5.56 Å². The molecule has 0 saturated carbocycles. The van der Waals surface area contributed by atoms with Crippen LogP contribution in [0.3, 0.4) is 0 Å². The summed E-state index contributed by atoms with van der Waals surface area (Å²) >= 11 is 5.77. The van der Waals surface area contributed by atoms with Crippen molar-refractivity contribution in [1.82, 2.24) is 9.55 Å². The number of benzene rings is 1. The van der Waals surface area contributed by atoms with E-state index in [0.29, 0.717) is 17.4 Å². The van der Waals surface area contributed by atoms with Crippen LogP contribution in [-0.4, -0.2) is 15.5 Å². The molecule has 1 N–H and O–H groups in total. The topological polar surface area (TPSA) is 46.9 Å². The van der Waals surface area contributed by atoms with Crippen LogP contribution in [0.4, 0.5) is 5.95 Å². The number of imidazole rings is 1. The Morgan fingerprint density at radius 2 is 2.12 bits per heavy atom. The molecule has 0 spiro atoms. The fraction of sp³-hybridized carbons (Fsp3) is 0.167. The van der Waals surface area contributed by atoms with Gasteiger partial charge in [-0.2, -0.15) is 0 Å².